The zero-order chi connectivity index (χ0) is 9.14. The molecule has 0 saturated carbocycles. The lowest BCUT2D eigenvalue weighted by molar-refractivity contribution is 0.102. The molecule has 0 radical (unpaired) electrons. The fraction of sp³-hybridized carbons (Fsp3) is 1.00. The van der Waals surface area contributed by atoms with Gasteiger partial charge in [0.25, 0.3) is 0 Å². The summed E-state index contributed by atoms with van der Waals surface area (Å²) in [6.07, 6.45) is 0. The summed E-state index contributed by atoms with van der Waals surface area (Å²) in [5.41, 5.74) is 0. The Hall–Kier alpha value is -0.0800. The Morgan fingerprint density at radius 1 is 1.25 bits per heavy atom. The van der Waals surface area contributed by atoms with Crippen LogP contribution in [-0.4, -0.2) is 36.6 Å². The highest BCUT2D eigenvalue weighted by Crippen LogP contribution is 2.11. The van der Waals surface area contributed by atoms with Gasteiger partial charge in [-0.3, -0.25) is 4.90 Å². The first-order valence-corrected chi connectivity index (χ1v) is 5.07. The van der Waals surface area contributed by atoms with Crippen molar-refractivity contribution < 1.29 is 0 Å². The van der Waals surface area contributed by atoms with E-state index in [9.17, 15) is 0 Å². The van der Waals surface area contributed by atoms with E-state index in [1.54, 1.807) is 0 Å². The van der Waals surface area contributed by atoms with Crippen LogP contribution in [0.2, 0.25) is 0 Å². The Kier molecular flexibility index (Phi) is 3.53. The van der Waals surface area contributed by atoms with Gasteiger partial charge in [0.05, 0.1) is 0 Å². The molecule has 1 aliphatic heterocycles. The highest BCUT2D eigenvalue weighted by molar-refractivity contribution is 4.82. The Morgan fingerprint density at radius 2 is 1.75 bits per heavy atom. The van der Waals surface area contributed by atoms with Crippen molar-refractivity contribution in [1.82, 2.24) is 10.2 Å². The van der Waals surface area contributed by atoms with Crippen LogP contribution in [0.25, 0.3) is 0 Å². The lowest BCUT2D eigenvalue weighted by Gasteiger charge is -2.40. The topological polar surface area (TPSA) is 15.3 Å². The molecule has 1 N–H and O–H groups in total. The van der Waals surface area contributed by atoms with Crippen LogP contribution in [0.3, 0.4) is 0 Å². The van der Waals surface area contributed by atoms with E-state index in [0.29, 0.717) is 12.1 Å². The standard InChI is InChI=1S/C10H22N2/c1-8(2)7-12-9(3)5-11-6-10(12)4/h8-11H,5-7H2,1-4H3/t9-,10+. The molecule has 1 aliphatic rings. The van der Waals surface area contributed by atoms with Crippen LogP contribution in [0.4, 0.5) is 0 Å². The summed E-state index contributed by atoms with van der Waals surface area (Å²) < 4.78 is 0. The normalized spacial score (nSPS) is 32.8. The number of nitrogens with zero attached hydrogens (tertiary/aromatic N) is 1. The van der Waals surface area contributed by atoms with E-state index in [1.807, 2.05) is 0 Å². The van der Waals surface area contributed by atoms with E-state index < -0.39 is 0 Å². The van der Waals surface area contributed by atoms with E-state index in [2.05, 4.69) is 37.9 Å². The lowest BCUT2D eigenvalue weighted by atomic mass is 10.1. The molecule has 0 bridgehead atoms. The highest BCUT2D eigenvalue weighted by atomic mass is 15.2. The van der Waals surface area contributed by atoms with Crippen LogP contribution >= 0.6 is 0 Å². The predicted octanol–water partition coefficient (Wildman–Crippen LogP) is 1.32. The van der Waals surface area contributed by atoms with Crippen molar-refractivity contribution >= 4 is 0 Å². The molecule has 0 amide bonds. The average Bonchev–Trinajstić information content (AvgIpc) is 1.97. The van der Waals surface area contributed by atoms with Crippen molar-refractivity contribution in [3.63, 3.8) is 0 Å². The molecule has 1 heterocycles. The van der Waals surface area contributed by atoms with Crippen molar-refractivity contribution in [3.05, 3.63) is 0 Å². The van der Waals surface area contributed by atoms with Crippen molar-refractivity contribution in [3.8, 4) is 0 Å². The molecule has 0 spiro atoms. The molecule has 72 valence electrons. The minimum atomic E-state index is 0.705. The predicted molar refractivity (Wildman–Crippen MR) is 53.3 cm³/mol. The van der Waals surface area contributed by atoms with Gasteiger partial charge in [0, 0.05) is 31.7 Å². The first-order chi connectivity index (χ1) is 5.61. The van der Waals surface area contributed by atoms with Gasteiger partial charge in [0.15, 0.2) is 0 Å². The molecule has 0 aromatic rings. The molecular weight excluding hydrogens is 148 g/mol. The van der Waals surface area contributed by atoms with Gasteiger partial charge in [-0.25, -0.2) is 0 Å². The average molecular weight is 170 g/mol. The molecule has 1 fully saturated rings. The maximum atomic E-state index is 3.45. The van der Waals surface area contributed by atoms with E-state index in [0.717, 1.165) is 19.0 Å². The van der Waals surface area contributed by atoms with Crippen molar-refractivity contribution in [2.75, 3.05) is 19.6 Å². The van der Waals surface area contributed by atoms with Crippen LogP contribution < -0.4 is 5.32 Å². The zero-order valence-electron chi connectivity index (χ0n) is 8.80. The van der Waals surface area contributed by atoms with Gasteiger partial charge in [-0.15, -0.1) is 0 Å². The van der Waals surface area contributed by atoms with Gasteiger partial charge in [0.1, 0.15) is 0 Å². The lowest BCUT2D eigenvalue weighted by Crippen LogP contribution is -2.55. The fourth-order valence-electron chi connectivity index (χ4n) is 1.95. The summed E-state index contributed by atoms with van der Waals surface area (Å²) >= 11 is 0. The van der Waals surface area contributed by atoms with Gasteiger partial charge in [0.2, 0.25) is 0 Å². The summed E-state index contributed by atoms with van der Waals surface area (Å²) in [5.74, 6) is 0.785. The van der Waals surface area contributed by atoms with E-state index in [-0.39, 0.29) is 0 Å². The molecule has 2 atom stereocenters. The molecule has 0 aliphatic carbocycles. The molecular formula is C10H22N2. The summed E-state index contributed by atoms with van der Waals surface area (Å²) in [6, 6.07) is 1.41. The maximum absolute atomic E-state index is 3.45. The van der Waals surface area contributed by atoms with E-state index in [4.69, 9.17) is 0 Å². The van der Waals surface area contributed by atoms with Gasteiger partial charge in [-0.1, -0.05) is 13.8 Å². The Bertz CT molecular complexity index is 124. The van der Waals surface area contributed by atoms with E-state index >= 15 is 0 Å². The molecule has 12 heavy (non-hydrogen) atoms. The van der Waals surface area contributed by atoms with Gasteiger partial charge in [-0.2, -0.15) is 0 Å². The molecule has 1 saturated heterocycles. The fourth-order valence-corrected chi connectivity index (χ4v) is 1.95. The third kappa shape index (κ3) is 2.46. The van der Waals surface area contributed by atoms with Gasteiger partial charge >= 0.3 is 0 Å². The van der Waals surface area contributed by atoms with Crippen LogP contribution in [0.15, 0.2) is 0 Å². The number of nitrogens with one attached hydrogen (secondary N) is 1. The Balaban J connectivity index is 2.45. The van der Waals surface area contributed by atoms with Crippen LogP contribution in [0.1, 0.15) is 27.7 Å². The molecule has 2 heteroatoms. The zero-order valence-corrected chi connectivity index (χ0v) is 8.80. The Morgan fingerprint density at radius 3 is 2.17 bits per heavy atom. The van der Waals surface area contributed by atoms with E-state index in [1.165, 1.54) is 6.54 Å². The number of hydrogen-bond donors (Lipinski definition) is 1. The van der Waals surface area contributed by atoms with Crippen LogP contribution in [0.5, 0.6) is 0 Å². The third-order valence-corrected chi connectivity index (χ3v) is 2.59. The van der Waals surface area contributed by atoms with Crippen LogP contribution in [0, 0.1) is 5.92 Å². The minimum absolute atomic E-state index is 0.705. The first-order valence-electron chi connectivity index (χ1n) is 5.07. The summed E-state index contributed by atoms with van der Waals surface area (Å²) in [5, 5.41) is 3.45. The molecule has 0 unspecified atom stereocenters. The number of rotatable bonds is 2. The van der Waals surface area contributed by atoms with Crippen LogP contribution in [-0.2, 0) is 0 Å². The second kappa shape index (κ2) is 4.24. The monoisotopic (exact) mass is 170 g/mol. The first kappa shape index (κ1) is 10.0. The summed E-state index contributed by atoms with van der Waals surface area (Å²) in [4.78, 5) is 2.61. The smallest absolute Gasteiger partial charge is 0.0195 e. The summed E-state index contributed by atoms with van der Waals surface area (Å²) in [7, 11) is 0. The second-order valence-electron chi connectivity index (χ2n) is 4.45. The van der Waals surface area contributed by atoms with Crippen molar-refractivity contribution in [1.29, 1.82) is 0 Å². The molecule has 0 aromatic carbocycles. The molecule has 0 aromatic heterocycles. The third-order valence-electron chi connectivity index (χ3n) is 2.59. The van der Waals surface area contributed by atoms with Crippen molar-refractivity contribution in [2.24, 2.45) is 5.92 Å². The van der Waals surface area contributed by atoms with Gasteiger partial charge in [-0.05, 0) is 19.8 Å². The van der Waals surface area contributed by atoms with Crippen molar-refractivity contribution in [2.45, 2.75) is 39.8 Å². The molecule has 2 nitrogen and oxygen atoms in total. The summed E-state index contributed by atoms with van der Waals surface area (Å²) in [6.45, 7) is 12.7. The largest absolute Gasteiger partial charge is 0.314 e. The minimum Gasteiger partial charge on any atom is -0.314 e. The second-order valence-corrected chi connectivity index (χ2v) is 4.45. The SMILES string of the molecule is CC(C)CN1[C@H](C)CNC[C@@H]1C. The maximum Gasteiger partial charge on any atom is 0.0195 e. The van der Waals surface area contributed by atoms with Gasteiger partial charge < -0.3 is 5.32 Å². The quantitative estimate of drug-likeness (QED) is 0.672. The molecule has 1 rings (SSSR count). The number of piperazine rings is 1. The Labute approximate surface area is 76.3 Å². The number of hydrogen-bond acceptors (Lipinski definition) is 2. The highest BCUT2D eigenvalue weighted by Gasteiger charge is 2.24.